The molecule has 0 unspecified atom stereocenters. The summed E-state index contributed by atoms with van der Waals surface area (Å²) in [6, 6.07) is 0. The molecule has 2 heterocycles. The lowest BCUT2D eigenvalue weighted by Crippen LogP contribution is -2.66. The van der Waals surface area contributed by atoms with Gasteiger partial charge >= 0.3 is 23.9 Å². The van der Waals surface area contributed by atoms with E-state index in [2.05, 4.69) is 59.3 Å². The Balaban J connectivity index is 1.13. The van der Waals surface area contributed by atoms with Crippen molar-refractivity contribution < 1.29 is 92.8 Å². The second kappa shape index (κ2) is 18.7. The normalized spacial score (nSPS) is 45.9. The highest BCUT2D eigenvalue weighted by molar-refractivity contribution is 5.79. The number of rotatable bonds is 12. The second-order valence-electron chi connectivity index (χ2n) is 22.5. The highest BCUT2D eigenvalue weighted by atomic mass is 16.7. The summed E-state index contributed by atoms with van der Waals surface area (Å²) in [4.78, 5) is 51.5. The third kappa shape index (κ3) is 8.67. The Labute approximate surface area is 391 Å². The summed E-state index contributed by atoms with van der Waals surface area (Å²) in [7, 11) is 2.14. The molecule has 0 aromatic rings. The van der Waals surface area contributed by atoms with E-state index in [9.17, 15) is 54.9 Å². The van der Waals surface area contributed by atoms with Crippen molar-refractivity contribution in [3.63, 3.8) is 0 Å². The molecule has 4 saturated carbocycles. The molecule has 0 bridgehead atoms. The molecule has 0 radical (unpaired) electrons. The van der Waals surface area contributed by atoms with Crippen LogP contribution in [0.2, 0.25) is 0 Å². The molecular formula is C48H74O19. The van der Waals surface area contributed by atoms with Gasteiger partial charge in [-0.2, -0.15) is 0 Å². The molecular weight excluding hydrogens is 881 g/mol. The molecule has 19 atom stereocenters. The maximum atomic E-state index is 14.7. The van der Waals surface area contributed by atoms with Gasteiger partial charge in [0.15, 0.2) is 12.4 Å². The quantitative estimate of drug-likeness (QED) is 0.0485. The lowest BCUT2D eigenvalue weighted by Gasteiger charge is -2.71. The van der Waals surface area contributed by atoms with E-state index in [1.807, 2.05) is 0 Å². The Morgan fingerprint density at radius 2 is 1.46 bits per heavy atom. The first-order valence-electron chi connectivity index (χ1n) is 23.8. The van der Waals surface area contributed by atoms with Crippen molar-refractivity contribution in [2.45, 2.75) is 186 Å². The number of fused-ring (bicyclic) bond motifs is 7. The molecule has 2 saturated heterocycles. The predicted molar refractivity (Wildman–Crippen MR) is 231 cm³/mol. The highest BCUT2D eigenvalue weighted by Gasteiger charge is 2.70. The first kappa shape index (κ1) is 52.0. The Hall–Kier alpha value is -2.82. The van der Waals surface area contributed by atoms with E-state index >= 15 is 0 Å². The molecule has 19 heteroatoms. The third-order valence-corrected chi connectivity index (χ3v) is 18.4. The van der Waals surface area contributed by atoms with Crippen LogP contribution in [0.25, 0.3) is 0 Å². The highest BCUT2D eigenvalue weighted by Crippen LogP contribution is 2.76. The summed E-state index contributed by atoms with van der Waals surface area (Å²) < 4.78 is 44.1. The molecule has 7 rings (SSSR count). The molecule has 7 aliphatic rings. The Morgan fingerprint density at radius 3 is 2.10 bits per heavy atom. The minimum absolute atomic E-state index is 0.0772. The van der Waals surface area contributed by atoms with Gasteiger partial charge in [0.2, 0.25) is 6.29 Å². The SMILES string of the molecule is COC(=O)CO[C@@H](O[C@@H]1[C@@H](O)[C@H](O[C@H]2CC[C@]3(C)[C@H]4CC=C5[C@@H]6CC(C)(C)CC[C@]6(C(=O)O[C@@H]6O[C@H](CO)[C@@H](O)[C@H](O)[C@H]6O)CC[C@@]5(C)[C@]4(C)CC[C@H]3C2(C)C)O[C@H](C(=O)O)[C@H]1O)C(=O)OC. The van der Waals surface area contributed by atoms with Gasteiger partial charge in [0.1, 0.15) is 49.3 Å². The fourth-order valence-electron chi connectivity index (χ4n) is 14.3. The third-order valence-electron chi connectivity index (χ3n) is 18.4. The van der Waals surface area contributed by atoms with Crippen molar-refractivity contribution >= 4 is 23.9 Å². The number of allylic oxidation sites excluding steroid dienone is 2. The number of carbonyl (C=O) groups excluding carboxylic acids is 3. The molecule has 380 valence electrons. The van der Waals surface area contributed by atoms with Crippen molar-refractivity contribution in [3.05, 3.63) is 11.6 Å². The number of aliphatic hydroxyl groups is 6. The number of carboxylic acid groups (broad SMARTS) is 1. The number of carbonyl (C=O) groups is 4. The van der Waals surface area contributed by atoms with Gasteiger partial charge in [0.05, 0.1) is 32.3 Å². The second-order valence-corrected chi connectivity index (χ2v) is 22.5. The van der Waals surface area contributed by atoms with E-state index in [4.69, 9.17) is 33.2 Å². The molecule has 7 N–H and O–H groups in total. The van der Waals surface area contributed by atoms with Crippen molar-refractivity contribution in [1.29, 1.82) is 0 Å². The predicted octanol–water partition coefficient (Wildman–Crippen LogP) is 2.12. The van der Waals surface area contributed by atoms with Crippen LogP contribution in [0.15, 0.2) is 11.6 Å². The van der Waals surface area contributed by atoms with Gasteiger partial charge in [-0.3, -0.25) is 4.79 Å². The topological polar surface area (TPSA) is 284 Å². The summed E-state index contributed by atoms with van der Waals surface area (Å²) in [5.74, 6) is -3.88. The fourth-order valence-corrected chi connectivity index (χ4v) is 14.3. The zero-order valence-corrected chi connectivity index (χ0v) is 40.3. The minimum atomic E-state index is -1.98. The lowest BCUT2D eigenvalue weighted by molar-refractivity contribution is -0.339. The molecule has 2 aliphatic heterocycles. The first-order chi connectivity index (χ1) is 31.3. The summed E-state index contributed by atoms with van der Waals surface area (Å²) in [6.45, 7) is 14.4. The van der Waals surface area contributed by atoms with E-state index in [0.717, 1.165) is 52.7 Å². The summed E-state index contributed by atoms with van der Waals surface area (Å²) >= 11 is 0. The number of hydrogen-bond donors (Lipinski definition) is 7. The number of esters is 3. The van der Waals surface area contributed by atoms with Crippen molar-refractivity contribution in [2.24, 2.45) is 50.2 Å². The first-order valence-corrected chi connectivity index (χ1v) is 23.8. The van der Waals surface area contributed by atoms with Gasteiger partial charge in [-0.1, -0.05) is 60.1 Å². The van der Waals surface area contributed by atoms with Crippen LogP contribution in [0.4, 0.5) is 0 Å². The van der Waals surface area contributed by atoms with Crippen LogP contribution < -0.4 is 0 Å². The Morgan fingerprint density at radius 1 is 0.776 bits per heavy atom. The van der Waals surface area contributed by atoms with E-state index in [1.54, 1.807) is 0 Å². The van der Waals surface area contributed by atoms with Crippen LogP contribution in [0.3, 0.4) is 0 Å². The number of carboxylic acids is 1. The molecule has 19 nitrogen and oxygen atoms in total. The van der Waals surface area contributed by atoms with Gasteiger partial charge in [0.25, 0.3) is 6.29 Å². The molecule has 6 fully saturated rings. The van der Waals surface area contributed by atoms with E-state index in [0.29, 0.717) is 25.7 Å². The summed E-state index contributed by atoms with van der Waals surface area (Å²) in [5, 5.41) is 74.3. The number of aliphatic hydroxyl groups excluding tert-OH is 6. The van der Waals surface area contributed by atoms with Crippen LogP contribution in [-0.4, -0.2) is 161 Å². The van der Waals surface area contributed by atoms with Gasteiger partial charge in [-0.25, -0.2) is 14.4 Å². The minimum Gasteiger partial charge on any atom is -0.479 e. The van der Waals surface area contributed by atoms with Crippen molar-refractivity contribution in [3.8, 4) is 0 Å². The molecule has 5 aliphatic carbocycles. The van der Waals surface area contributed by atoms with Gasteiger partial charge in [0, 0.05) is 0 Å². The van der Waals surface area contributed by atoms with E-state index in [-0.39, 0.29) is 39.4 Å². The van der Waals surface area contributed by atoms with Crippen LogP contribution in [0.5, 0.6) is 0 Å². The smallest absolute Gasteiger partial charge is 0.363 e. The lowest BCUT2D eigenvalue weighted by atomic mass is 9.33. The average Bonchev–Trinajstić information content (AvgIpc) is 3.27. The van der Waals surface area contributed by atoms with Crippen molar-refractivity contribution in [1.82, 2.24) is 0 Å². The maximum absolute atomic E-state index is 14.7. The maximum Gasteiger partial charge on any atom is 0.363 e. The Kier molecular flexibility index (Phi) is 14.5. The molecule has 0 spiro atoms. The number of ether oxygens (including phenoxy) is 8. The van der Waals surface area contributed by atoms with Gasteiger partial charge < -0.3 is 73.6 Å². The average molecular weight is 955 g/mol. The number of aliphatic carboxylic acids is 1. The molecule has 0 aromatic carbocycles. The zero-order chi connectivity index (χ0) is 49.4. The van der Waals surface area contributed by atoms with Crippen LogP contribution in [0.1, 0.15) is 113 Å². The summed E-state index contributed by atoms with van der Waals surface area (Å²) in [5.41, 5.74) is -0.965. The van der Waals surface area contributed by atoms with Gasteiger partial charge in [-0.15, -0.1) is 0 Å². The van der Waals surface area contributed by atoms with E-state index in [1.165, 1.54) is 5.57 Å². The van der Waals surface area contributed by atoms with Crippen LogP contribution in [0, 0.1) is 50.2 Å². The number of hydrogen-bond acceptors (Lipinski definition) is 18. The van der Waals surface area contributed by atoms with Crippen LogP contribution >= 0.6 is 0 Å². The Bertz CT molecular complexity index is 1900. The van der Waals surface area contributed by atoms with Crippen molar-refractivity contribution in [2.75, 3.05) is 27.4 Å². The number of methoxy groups -OCH3 is 2. The summed E-state index contributed by atoms with van der Waals surface area (Å²) in [6.07, 6.45) is -9.88. The molecule has 0 aromatic heterocycles. The molecule has 67 heavy (non-hydrogen) atoms. The fraction of sp³-hybridized carbons (Fsp3) is 0.875. The largest absolute Gasteiger partial charge is 0.479 e. The van der Waals surface area contributed by atoms with Crippen LogP contribution in [-0.2, 0) is 57.1 Å². The van der Waals surface area contributed by atoms with Gasteiger partial charge in [-0.05, 0) is 109 Å². The standard InChI is InChI=1S/C48H74O19/c1-43(2)16-18-48(42(59)67-39-32(53)31(52)30(51)25(21-49)63-39)19-17-46(6)23(24(48)20-43)10-11-27-45(5)14-13-28(44(3,4)26(45)12-15-47(27,46)7)64-40-34(55)35(33(54)36(66-40)37(56)57)65-41(38(58)61-9)62-22-29(50)60-8/h10,24-28,30-36,39-41,49,51-55H,11-22H2,1-9H3,(H,56,57)/t24-,25+,26-,27+,28-,30+,31-,32+,33-,34+,35-,36-,39-,40+,41-,45-,46+,47+,48-/m0/s1. The monoisotopic (exact) mass is 954 g/mol. The molecule has 0 amide bonds. The zero-order valence-electron chi connectivity index (χ0n) is 40.3. The van der Waals surface area contributed by atoms with E-state index < -0.39 is 122 Å².